The minimum Gasteiger partial charge on any atom is -0.388 e. The minimum atomic E-state index is -0.814. The quantitative estimate of drug-likeness (QED) is 0.890. The van der Waals surface area contributed by atoms with Crippen LogP contribution in [0, 0.1) is 11.7 Å². The Morgan fingerprint density at radius 3 is 2.69 bits per heavy atom. The van der Waals surface area contributed by atoms with Gasteiger partial charge in [-0.1, -0.05) is 13.8 Å². The van der Waals surface area contributed by atoms with E-state index in [2.05, 4.69) is 21.2 Å². The Bertz CT molecular complexity index is 366. The molecule has 0 amide bonds. The lowest BCUT2D eigenvalue weighted by molar-refractivity contribution is 0.0266. The van der Waals surface area contributed by atoms with E-state index < -0.39 is 5.60 Å². The molecule has 0 radical (unpaired) electrons. The predicted octanol–water partition coefficient (Wildman–Crippen LogP) is 3.41. The van der Waals surface area contributed by atoms with Crippen LogP contribution in [0.3, 0.4) is 0 Å². The molecular formula is C12H17BrFNO. The summed E-state index contributed by atoms with van der Waals surface area (Å²) in [5.74, 6) is -0.165. The van der Waals surface area contributed by atoms with Gasteiger partial charge < -0.3 is 10.4 Å². The summed E-state index contributed by atoms with van der Waals surface area (Å²) in [7, 11) is 0. The van der Waals surface area contributed by atoms with Crippen LogP contribution in [0.1, 0.15) is 20.8 Å². The van der Waals surface area contributed by atoms with E-state index in [1.165, 1.54) is 12.1 Å². The largest absolute Gasteiger partial charge is 0.388 e. The molecular weight excluding hydrogens is 273 g/mol. The molecule has 0 aliphatic rings. The highest BCUT2D eigenvalue weighted by molar-refractivity contribution is 9.10. The molecule has 4 heteroatoms. The molecule has 16 heavy (non-hydrogen) atoms. The SMILES string of the molecule is CC(C)C(C)(O)CNc1cc(F)ccc1Br. The number of aliphatic hydroxyl groups is 1. The molecule has 1 aromatic carbocycles. The van der Waals surface area contributed by atoms with E-state index in [-0.39, 0.29) is 11.7 Å². The van der Waals surface area contributed by atoms with Crippen molar-refractivity contribution in [2.24, 2.45) is 5.92 Å². The van der Waals surface area contributed by atoms with Gasteiger partial charge >= 0.3 is 0 Å². The molecule has 0 aliphatic carbocycles. The van der Waals surface area contributed by atoms with Gasteiger partial charge in [-0.2, -0.15) is 0 Å². The summed E-state index contributed by atoms with van der Waals surface area (Å²) >= 11 is 3.32. The van der Waals surface area contributed by atoms with Gasteiger partial charge in [0, 0.05) is 11.0 Å². The van der Waals surface area contributed by atoms with Gasteiger partial charge in [0.15, 0.2) is 0 Å². The molecule has 0 aromatic heterocycles. The first-order valence-electron chi connectivity index (χ1n) is 5.24. The van der Waals surface area contributed by atoms with Gasteiger partial charge in [-0.05, 0) is 47.0 Å². The monoisotopic (exact) mass is 289 g/mol. The maximum Gasteiger partial charge on any atom is 0.125 e. The topological polar surface area (TPSA) is 32.3 Å². The van der Waals surface area contributed by atoms with E-state index in [4.69, 9.17) is 0 Å². The standard InChI is InChI=1S/C12H17BrFNO/c1-8(2)12(3,16)7-15-11-6-9(14)4-5-10(11)13/h4-6,8,15-16H,7H2,1-3H3. The zero-order valence-electron chi connectivity index (χ0n) is 9.72. The second-order valence-electron chi connectivity index (χ2n) is 4.49. The van der Waals surface area contributed by atoms with E-state index in [1.807, 2.05) is 13.8 Å². The second kappa shape index (κ2) is 5.15. The highest BCUT2D eigenvalue weighted by Crippen LogP contribution is 2.24. The Morgan fingerprint density at radius 2 is 2.12 bits per heavy atom. The van der Waals surface area contributed by atoms with Gasteiger partial charge in [-0.15, -0.1) is 0 Å². The van der Waals surface area contributed by atoms with Crippen LogP contribution < -0.4 is 5.32 Å². The van der Waals surface area contributed by atoms with E-state index in [9.17, 15) is 9.50 Å². The molecule has 0 saturated carbocycles. The molecule has 1 rings (SSSR count). The Labute approximate surface area is 104 Å². The lowest BCUT2D eigenvalue weighted by Crippen LogP contribution is -2.38. The van der Waals surface area contributed by atoms with E-state index in [0.717, 1.165) is 4.47 Å². The normalized spacial score (nSPS) is 14.9. The first-order chi connectivity index (χ1) is 7.33. The number of hydrogen-bond acceptors (Lipinski definition) is 2. The minimum absolute atomic E-state index is 0.132. The molecule has 0 heterocycles. The number of hydrogen-bond donors (Lipinski definition) is 2. The molecule has 1 atom stereocenters. The maximum absolute atomic E-state index is 13.0. The third kappa shape index (κ3) is 3.46. The molecule has 0 saturated heterocycles. The van der Waals surface area contributed by atoms with Crippen LogP contribution in [0.2, 0.25) is 0 Å². The number of nitrogens with one attached hydrogen (secondary N) is 1. The van der Waals surface area contributed by atoms with Crippen LogP contribution in [0.25, 0.3) is 0 Å². The van der Waals surface area contributed by atoms with Gasteiger partial charge in [-0.25, -0.2) is 4.39 Å². The van der Waals surface area contributed by atoms with Gasteiger partial charge in [0.2, 0.25) is 0 Å². The molecule has 0 spiro atoms. The highest BCUT2D eigenvalue weighted by Gasteiger charge is 2.24. The van der Waals surface area contributed by atoms with Crippen LogP contribution in [0.5, 0.6) is 0 Å². The fourth-order valence-corrected chi connectivity index (χ4v) is 1.50. The lowest BCUT2D eigenvalue weighted by Gasteiger charge is -2.28. The van der Waals surface area contributed by atoms with Crippen molar-refractivity contribution in [3.63, 3.8) is 0 Å². The summed E-state index contributed by atoms with van der Waals surface area (Å²) < 4.78 is 13.8. The number of halogens is 2. The van der Waals surface area contributed by atoms with E-state index in [1.54, 1.807) is 13.0 Å². The first kappa shape index (κ1) is 13.5. The van der Waals surface area contributed by atoms with Gasteiger partial charge in [0.05, 0.1) is 11.3 Å². The average molecular weight is 290 g/mol. The fourth-order valence-electron chi connectivity index (χ4n) is 1.11. The van der Waals surface area contributed by atoms with Crippen molar-refractivity contribution in [2.45, 2.75) is 26.4 Å². The molecule has 90 valence electrons. The van der Waals surface area contributed by atoms with Crippen LogP contribution >= 0.6 is 15.9 Å². The van der Waals surface area contributed by atoms with Crippen LogP contribution in [-0.4, -0.2) is 17.3 Å². The molecule has 0 fully saturated rings. The molecule has 0 aliphatic heterocycles. The van der Waals surface area contributed by atoms with Crippen molar-refractivity contribution in [1.29, 1.82) is 0 Å². The van der Waals surface area contributed by atoms with E-state index >= 15 is 0 Å². The fraction of sp³-hybridized carbons (Fsp3) is 0.500. The molecule has 0 bridgehead atoms. The third-order valence-electron chi connectivity index (χ3n) is 2.81. The highest BCUT2D eigenvalue weighted by atomic mass is 79.9. The maximum atomic E-state index is 13.0. The smallest absolute Gasteiger partial charge is 0.125 e. The summed E-state index contributed by atoms with van der Waals surface area (Å²) in [4.78, 5) is 0. The van der Waals surface area contributed by atoms with Crippen LogP contribution in [-0.2, 0) is 0 Å². The zero-order chi connectivity index (χ0) is 12.3. The Kier molecular flexibility index (Phi) is 4.33. The van der Waals surface area contributed by atoms with Crippen molar-refractivity contribution in [3.8, 4) is 0 Å². The Balaban J connectivity index is 2.71. The van der Waals surface area contributed by atoms with Crippen molar-refractivity contribution in [2.75, 3.05) is 11.9 Å². The van der Waals surface area contributed by atoms with Gasteiger partial charge in [-0.3, -0.25) is 0 Å². The predicted molar refractivity (Wildman–Crippen MR) is 68.1 cm³/mol. The summed E-state index contributed by atoms with van der Waals surface area (Å²) in [6.45, 7) is 6.04. The molecule has 2 N–H and O–H groups in total. The number of benzene rings is 1. The number of rotatable bonds is 4. The summed E-state index contributed by atoms with van der Waals surface area (Å²) in [5.41, 5.74) is -0.160. The van der Waals surface area contributed by atoms with E-state index in [0.29, 0.717) is 12.2 Å². The first-order valence-corrected chi connectivity index (χ1v) is 6.03. The molecule has 1 unspecified atom stereocenters. The summed E-state index contributed by atoms with van der Waals surface area (Å²) in [6.07, 6.45) is 0. The van der Waals surface area contributed by atoms with Gasteiger partial charge in [0.25, 0.3) is 0 Å². The zero-order valence-corrected chi connectivity index (χ0v) is 11.3. The molecule has 1 aromatic rings. The third-order valence-corrected chi connectivity index (χ3v) is 3.50. The second-order valence-corrected chi connectivity index (χ2v) is 5.34. The Hall–Kier alpha value is -0.610. The molecule has 2 nitrogen and oxygen atoms in total. The van der Waals surface area contributed by atoms with Crippen molar-refractivity contribution >= 4 is 21.6 Å². The van der Waals surface area contributed by atoms with Gasteiger partial charge in [0.1, 0.15) is 5.82 Å². The number of anilines is 1. The lowest BCUT2D eigenvalue weighted by atomic mass is 9.92. The van der Waals surface area contributed by atoms with Crippen LogP contribution in [0.4, 0.5) is 10.1 Å². The van der Waals surface area contributed by atoms with Crippen molar-refractivity contribution in [1.82, 2.24) is 0 Å². The summed E-state index contributed by atoms with van der Waals surface area (Å²) in [6, 6.07) is 4.43. The summed E-state index contributed by atoms with van der Waals surface area (Å²) in [5, 5.41) is 13.1. The Morgan fingerprint density at radius 1 is 1.50 bits per heavy atom. The van der Waals surface area contributed by atoms with Crippen molar-refractivity contribution in [3.05, 3.63) is 28.5 Å². The van der Waals surface area contributed by atoms with Crippen LogP contribution in [0.15, 0.2) is 22.7 Å². The average Bonchev–Trinajstić information content (AvgIpc) is 2.19. The van der Waals surface area contributed by atoms with Crippen molar-refractivity contribution < 1.29 is 9.50 Å².